The third-order valence-electron chi connectivity index (χ3n) is 2.31. The Hall–Kier alpha value is -2.03. The van der Waals surface area contributed by atoms with Crippen LogP contribution in [0.1, 0.15) is 11.3 Å². The number of aromatic nitrogens is 1. The van der Waals surface area contributed by atoms with Gasteiger partial charge in [0.05, 0.1) is 11.3 Å². The average molecular weight is 182 g/mol. The van der Waals surface area contributed by atoms with E-state index in [2.05, 4.69) is 9.98 Å². The molecule has 14 heavy (non-hydrogen) atoms. The number of fused-ring (bicyclic) bond motifs is 3. The van der Waals surface area contributed by atoms with Crippen molar-refractivity contribution in [1.82, 2.24) is 4.98 Å². The molecule has 1 aromatic heterocycles. The Morgan fingerprint density at radius 2 is 2.21 bits per heavy atom. The van der Waals surface area contributed by atoms with E-state index in [0.29, 0.717) is 11.3 Å². The van der Waals surface area contributed by atoms with Gasteiger partial charge in [-0.2, -0.15) is 0 Å². The van der Waals surface area contributed by atoms with Crippen molar-refractivity contribution in [2.45, 2.75) is 0 Å². The second-order valence-corrected chi connectivity index (χ2v) is 3.16. The summed E-state index contributed by atoms with van der Waals surface area (Å²) < 4.78 is 0. The quantitative estimate of drug-likeness (QED) is 0.608. The van der Waals surface area contributed by atoms with E-state index in [0.717, 1.165) is 11.3 Å². The van der Waals surface area contributed by atoms with E-state index in [1.165, 1.54) is 12.3 Å². The van der Waals surface area contributed by atoms with Crippen LogP contribution < -0.4 is 0 Å². The Morgan fingerprint density at radius 3 is 3.14 bits per heavy atom. The number of hydrogen-bond acceptors (Lipinski definition) is 3. The third-order valence-corrected chi connectivity index (χ3v) is 2.31. The number of carbonyl (C=O) groups excluding carboxylic acids is 1. The number of nitrogens with zero attached hydrogens (tertiary/aromatic N) is 2. The number of ketones is 1. The first-order valence-corrected chi connectivity index (χ1v) is 4.32. The largest absolute Gasteiger partial charge is 0.289 e. The van der Waals surface area contributed by atoms with Gasteiger partial charge in [-0.25, -0.2) is 0 Å². The zero-order chi connectivity index (χ0) is 9.54. The zero-order valence-corrected chi connectivity index (χ0v) is 7.27. The van der Waals surface area contributed by atoms with E-state index in [1.54, 1.807) is 6.20 Å². The summed E-state index contributed by atoms with van der Waals surface area (Å²) in [5.41, 5.74) is 3.13. The minimum Gasteiger partial charge on any atom is -0.289 e. The molecule has 0 radical (unpaired) electrons. The number of aliphatic imine (C=N–C) groups is 1. The van der Waals surface area contributed by atoms with Gasteiger partial charge in [-0.1, -0.05) is 6.07 Å². The fourth-order valence-corrected chi connectivity index (χ4v) is 1.67. The molecule has 3 rings (SSSR count). The molecule has 1 aliphatic heterocycles. The maximum Gasteiger partial charge on any atom is 0.189 e. The lowest BCUT2D eigenvalue weighted by Crippen LogP contribution is -2.12. The Kier molecular flexibility index (Phi) is 1.31. The van der Waals surface area contributed by atoms with Gasteiger partial charge in [-0.3, -0.25) is 14.8 Å². The first-order valence-electron chi connectivity index (χ1n) is 4.32. The molecule has 0 atom stereocenters. The van der Waals surface area contributed by atoms with Crippen LogP contribution in [-0.4, -0.2) is 16.5 Å². The highest BCUT2D eigenvalue weighted by molar-refractivity contribution is 6.37. The molecule has 66 valence electrons. The molecule has 2 heterocycles. The lowest BCUT2D eigenvalue weighted by molar-refractivity contribution is -0.110. The van der Waals surface area contributed by atoms with E-state index in [4.69, 9.17) is 0 Å². The van der Waals surface area contributed by atoms with Crippen molar-refractivity contribution in [3.63, 3.8) is 0 Å². The van der Waals surface area contributed by atoms with Gasteiger partial charge in [0.25, 0.3) is 0 Å². The summed E-state index contributed by atoms with van der Waals surface area (Å²) in [4.78, 5) is 19.9. The highest BCUT2D eigenvalue weighted by Crippen LogP contribution is 2.26. The predicted octanol–water partition coefficient (Wildman–Crippen LogP) is 1.36. The molecule has 0 saturated heterocycles. The van der Waals surface area contributed by atoms with Gasteiger partial charge < -0.3 is 0 Å². The van der Waals surface area contributed by atoms with Crippen molar-refractivity contribution in [2.75, 3.05) is 0 Å². The van der Waals surface area contributed by atoms with E-state index >= 15 is 0 Å². The fraction of sp³-hybridized carbons (Fsp3) is 0. The van der Waals surface area contributed by atoms with Crippen LogP contribution in [0, 0.1) is 0 Å². The zero-order valence-electron chi connectivity index (χ0n) is 7.27. The number of allylic oxidation sites excluding steroid dienone is 2. The Labute approximate surface area is 80.5 Å². The van der Waals surface area contributed by atoms with Gasteiger partial charge >= 0.3 is 0 Å². The minimum absolute atomic E-state index is 0.00741. The molecule has 3 heteroatoms. The molecule has 1 aliphatic carbocycles. The van der Waals surface area contributed by atoms with Gasteiger partial charge in [0.15, 0.2) is 5.78 Å². The molecule has 0 spiro atoms. The van der Waals surface area contributed by atoms with Crippen LogP contribution >= 0.6 is 0 Å². The minimum atomic E-state index is 0.00741. The molecule has 2 aliphatic rings. The molecule has 0 N–H and O–H groups in total. The van der Waals surface area contributed by atoms with Gasteiger partial charge in [-0.05, 0) is 12.1 Å². The highest BCUT2D eigenvalue weighted by atomic mass is 16.1. The SMILES string of the molecule is O=C1C=CN=C2C1=Cc1cccnc12. The monoisotopic (exact) mass is 182 g/mol. The maximum atomic E-state index is 11.5. The summed E-state index contributed by atoms with van der Waals surface area (Å²) >= 11 is 0. The van der Waals surface area contributed by atoms with E-state index in [9.17, 15) is 4.79 Å². The van der Waals surface area contributed by atoms with Crippen molar-refractivity contribution in [3.8, 4) is 0 Å². The third kappa shape index (κ3) is 0.836. The number of hydrogen-bond donors (Lipinski definition) is 0. The van der Waals surface area contributed by atoms with E-state index < -0.39 is 0 Å². The molecule has 0 unspecified atom stereocenters. The van der Waals surface area contributed by atoms with Crippen LogP contribution in [0.2, 0.25) is 0 Å². The molecule has 3 nitrogen and oxygen atoms in total. The summed E-state index contributed by atoms with van der Waals surface area (Å²) in [7, 11) is 0. The molecule has 0 aromatic carbocycles. The van der Waals surface area contributed by atoms with Crippen LogP contribution in [0.15, 0.2) is 41.2 Å². The smallest absolute Gasteiger partial charge is 0.189 e. The first kappa shape index (κ1) is 7.38. The van der Waals surface area contributed by atoms with E-state index in [1.807, 2.05) is 18.2 Å². The van der Waals surface area contributed by atoms with Crippen molar-refractivity contribution in [2.24, 2.45) is 4.99 Å². The van der Waals surface area contributed by atoms with Gasteiger partial charge in [0, 0.05) is 24.0 Å². The highest BCUT2D eigenvalue weighted by Gasteiger charge is 2.26. The summed E-state index contributed by atoms with van der Waals surface area (Å²) in [5.74, 6) is 0.00741. The van der Waals surface area contributed by atoms with E-state index in [-0.39, 0.29) is 5.78 Å². The van der Waals surface area contributed by atoms with Gasteiger partial charge in [-0.15, -0.1) is 0 Å². The van der Waals surface area contributed by atoms with Gasteiger partial charge in [0.1, 0.15) is 5.71 Å². The Morgan fingerprint density at radius 1 is 1.29 bits per heavy atom. The molecule has 1 aromatic rings. The average Bonchev–Trinajstić information content (AvgIpc) is 2.59. The van der Waals surface area contributed by atoms with Crippen LogP contribution in [0.3, 0.4) is 0 Å². The number of rotatable bonds is 0. The first-order chi connectivity index (χ1) is 6.86. The van der Waals surface area contributed by atoms with Crippen molar-refractivity contribution < 1.29 is 4.79 Å². The Bertz CT molecular complexity index is 524. The molecule has 0 fully saturated rings. The fourth-order valence-electron chi connectivity index (χ4n) is 1.67. The maximum absolute atomic E-state index is 11.5. The standard InChI is InChI=1S/C11H6N2O/c14-9-3-5-13-11-8(9)6-7-2-1-4-12-10(7)11/h1-6H. The van der Waals surface area contributed by atoms with Crippen LogP contribution in [0.5, 0.6) is 0 Å². The van der Waals surface area contributed by atoms with Crippen molar-refractivity contribution >= 4 is 17.6 Å². The van der Waals surface area contributed by atoms with Crippen LogP contribution in [0.25, 0.3) is 6.08 Å². The van der Waals surface area contributed by atoms with Crippen molar-refractivity contribution in [1.29, 1.82) is 0 Å². The summed E-state index contributed by atoms with van der Waals surface area (Å²) in [5, 5.41) is 0. The summed E-state index contributed by atoms with van der Waals surface area (Å²) in [6.07, 6.45) is 6.55. The molecular weight excluding hydrogens is 176 g/mol. The predicted molar refractivity (Wildman–Crippen MR) is 52.9 cm³/mol. The van der Waals surface area contributed by atoms with Crippen LogP contribution in [-0.2, 0) is 4.79 Å². The topological polar surface area (TPSA) is 42.3 Å². The Balaban J connectivity index is 2.29. The normalized spacial score (nSPS) is 17.3. The lowest BCUT2D eigenvalue weighted by atomic mass is 10.1. The van der Waals surface area contributed by atoms with Crippen molar-refractivity contribution in [3.05, 3.63) is 47.4 Å². The molecule has 0 saturated carbocycles. The van der Waals surface area contributed by atoms with Crippen LogP contribution in [0.4, 0.5) is 0 Å². The lowest BCUT2D eigenvalue weighted by Gasteiger charge is -2.04. The van der Waals surface area contributed by atoms with Gasteiger partial charge in [0.2, 0.25) is 0 Å². The second kappa shape index (κ2) is 2.48. The molecular formula is C11H6N2O. The number of pyridine rings is 1. The summed E-state index contributed by atoms with van der Waals surface area (Å²) in [6, 6.07) is 3.79. The second-order valence-electron chi connectivity index (χ2n) is 3.16. The molecule has 0 bridgehead atoms. The summed E-state index contributed by atoms with van der Waals surface area (Å²) in [6.45, 7) is 0. The number of carbonyl (C=O) groups is 1. The molecule has 0 amide bonds.